The third-order valence-corrected chi connectivity index (χ3v) is 2.60. The molecule has 0 saturated carbocycles. The molecule has 104 valence electrons. The number of nitrogens with zero attached hydrogens (tertiary/aromatic N) is 1. The van der Waals surface area contributed by atoms with E-state index in [-0.39, 0.29) is 10.8 Å². The fourth-order valence-electron chi connectivity index (χ4n) is 1.45. The van der Waals surface area contributed by atoms with Crippen molar-refractivity contribution in [1.82, 2.24) is 10.5 Å². The van der Waals surface area contributed by atoms with Crippen LogP contribution in [-0.2, 0) is 0 Å². The summed E-state index contributed by atoms with van der Waals surface area (Å²) in [5.74, 6) is -1.15. The molecule has 1 aromatic heterocycles. The Labute approximate surface area is 117 Å². The van der Waals surface area contributed by atoms with Crippen LogP contribution in [0.4, 0.5) is 15.0 Å². The number of amides is 3. The van der Waals surface area contributed by atoms with E-state index in [0.29, 0.717) is 5.76 Å². The summed E-state index contributed by atoms with van der Waals surface area (Å²) in [6.45, 7) is 1.64. The minimum Gasteiger partial charge on any atom is -0.360 e. The number of anilines is 1. The Hall–Kier alpha value is -2.41. The van der Waals surface area contributed by atoms with Crippen LogP contribution < -0.4 is 10.6 Å². The zero-order valence-electron chi connectivity index (χ0n) is 10.2. The summed E-state index contributed by atoms with van der Waals surface area (Å²) in [6, 6.07) is 4.35. The molecule has 0 radical (unpaired) electrons. The minimum atomic E-state index is -0.953. The van der Waals surface area contributed by atoms with Crippen LogP contribution in [0.15, 0.2) is 28.8 Å². The lowest BCUT2D eigenvalue weighted by molar-refractivity contribution is 0.0963. The highest BCUT2D eigenvalue weighted by atomic mass is 35.5. The number of urea groups is 1. The van der Waals surface area contributed by atoms with Crippen molar-refractivity contribution in [2.45, 2.75) is 6.92 Å². The Bertz CT molecular complexity index is 651. The quantitative estimate of drug-likeness (QED) is 0.892. The molecule has 2 rings (SSSR count). The van der Waals surface area contributed by atoms with Crippen molar-refractivity contribution in [2.24, 2.45) is 0 Å². The van der Waals surface area contributed by atoms with Crippen LogP contribution in [-0.4, -0.2) is 17.1 Å². The summed E-state index contributed by atoms with van der Waals surface area (Å²) in [5.41, 5.74) is -0.402. The van der Waals surface area contributed by atoms with Crippen molar-refractivity contribution in [3.05, 3.63) is 46.4 Å². The number of hydrogen-bond acceptors (Lipinski definition) is 4. The van der Waals surface area contributed by atoms with Crippen molar-refractivity contribution >= 4 is 29.4 Å². The van der Waals surface area contributed by atoms with Gasteiger partial charge >= 0.3 is 6.03 Å². The molecular weight excluding hydrogens is 289 g/mol. The second-order valence-corrected chi connectivity index (χ2v) is 4.23. The lowest BCUT2D eigenvalue weighted by atomic mass is 10.2. The van der Waals surface area contributed by atoms with Crippen LogP contribution in [0.5, 0.6) is 0 Å². The maximum atomic E-state index is 13.5. The van der Waals surface area contributed by atoms with E-state index in [1.807, 2.05) is 5.32 Å². The molecule has 3 amide bonds. The molecule has 0 aliphatic heterocycles. The van der Waals surface area contributed by atoms with Crippen molar-refractivity contribution < 1.29 is 18.5 Å². The van der Waals surface area contributed by atoms with Crippen molar-refractivity contribution in [3.8, 4) is 0 Å². The van der Waals surface area contributed by atoms with Gasteiger partial charge in [0.05, 0.1) is 10.6 Å². The summed E-state index contributed by atoms with van der Waals surface area (Å²) in [6.07, 6.45) is 0. The summed E-state index contributed by atoms with van der Waals surface area (Å²) in [7, 11) is 0. The molecular formula is C12H9ClFN3O3. The number of carbonyl (C=O) groups excluding carboxylic acids is 2. The molecule has 2 aromatic rings. The van der Waals surface area contributed by atoms with Crippen LogP contribution in [0.3, 0.4) is 0 Å². The Morgan fingerprint density at radius 1 is 1.40 bits per heavy atom. The number of benzene rings is 1. The van der Waals surface area contributed by atoms with E-state index in [1.165, 1.54) is 18.2 Å². The number of halogens is 2. The first-order valence-electron chi connectivity index (χ1n) is 5.47. The summed E-state index contributed by atoms with van der Waals surface area (Å²) in [4.78, 5) is 23.3. The molecule has 0 aliphatic carbocycles. The Balaban J connectivity index is 2.06. The standard InChI is InChI=1S/C12H9ClFN3O3/c1-6-5-9(17-20-6)15-12(19)16-11(18)10-7(13)3-2-4-8(10)14/h2-5H,1H3,(H2,15,16,17,18,19). The van der Waals surface area contributed by atoms with Gasteiger partial charge in [-0.3, -0.25) is 15.4 Å². The SMILES string of the molecule is Cc1cc(NC(=O)NC(=O)c2c(F)cccc2Cl)no1. The number of aromatic nitrogens is 1. The average molecular weight is 298 g/mol. The normalized spacial score (nSPS) is 10.2. The molecule has 1 heterocycles. The van der Waals surface area contributed by atoms with E-state index in [1.54, 1.807) is 6.92 Å². The van der Waals surface area contributed by atoms with Crippen molar-refractivity contribution in [1.29, 1.82) is 0 Å². The largest absolute Gasteiger partial charge is 0.360 e. The van der Waals surface area contributed by atoms with Gasteiger partial charge in [0.25, 0.3) is 5.91 Å². The third-order valence-electron chi connectivity index (χ3n) is 2.29. The predicted molar refractivity (Wildman–Crippen MR) is 69.1 cm³/mol. The first-order valence-corrected chi connectivity index (χ1v) is 5.85. The Kier molecular flexibility index (Phi) is 3.99. The smallest absolute Gasteiger partial charge is 0.327 e. The zero-order valence-corrected chi connectivity index (χ0v) is 11.0. The molecule has 2 N–H and O–H groups in total. The number of aryl methyl sites for hydroxylation is 1. The van der Waals surface area contributed by atoms with Gasteiger partial charge in [-0.2, -0.15) is 0 Å². The molecule has 0 bridgehead atoms. The molecule has 8 heteroatoms. The van der Waals surface area contributed by atoms with Gasteiger partial charge in [-0.25, -0.2) is 9.18 Å². The van der Waals surface area contributed by atoms with E-state index in [9.17, 15) is 14.0 Å². The first kappa shape index (κ1) is 14.0. The topological polar surface area (TPSA) is 84.2 Å². The highest BCUT2D eigenvalue weighted by molar-refractivity contribution is 6.34. The van der Waals surface area contributed by atoms with Gasteiger partial charge in [0.2, 0.25) is 0 Å². The molecule has 0 aliphatic rings. The third kappa shape index (κ3) is 3.12. The molecule has 0 fully saturated rings. The van der Waals surface area contributed by atoms with Crippen molar-refractivity contribution in [3.63, 3.8) is 0 Å². The van der Waals surface area contributed by atoms with E-state index in [4.69, 9.17) is 16.1 Å². The Morgan fingerprint density at radius 2 is 2.15 bits per heavy atom. The number of imide groups is 1. The highest BCUT2D eigenvalue weighted by Crippen LogP contribution is 2.18. The van der Waals surface area contributed by atoms with E-state index in [0.717, 1.165) is 6.07 Å². The maximum Gasteiger partial charge on any atom is 0.327 e. The summed E-state index contributed by atoms with van der Waals surface area (Å²) >= 11 is 5.71. The van der Waals surface area contributed by atoms with Crippen LogP contribution in [0.1, 0.15) is 16.1 Å². The molecule has 1 aromatic carbocycles. The molecule has 0 unspecified atom stereocenters. The lowest BCUT2D eigenvalue weighted by Gasteiger charge is -2.06. The number of nitrogens with one attached hydrogen (secondary N) is 2. The van der Waals surface area contributed by atoms with Crippen LogP contribution in [0.25, 0.3) is 0 Å². The minimum absolute atomic E-state index is 0.0902. The fraction of sp³-hybridized carbons (Fsp3) is 0.0833. The van der Waals surface area contributed by atoms with Gasteiger partial charge < -0.3 is 4.52 Å². The van der Waals surface area contributed by atoms with E-state index >= 15 is 0 Å². The maximum absolute atomic E-state index is 13.5. The number of rotatable bonds is 2. The Morgan fingerprint density at radius 3 is 2.75 bits per heavy atom. The van der Waals surface area contributed by atoms with Gasteiger partial charge in [-0.05, 0) is 19.1 Å². The molecule has 20 heavy (non-hydrogen) atoms. The van der Waals surface area contributed by atoms with Crippen molar-refractivity contribution in [2.75, 3.05) is 5.32 Å². The zero-order chi connectivity index (χ0) is 14.7. The summed E-state index contributed by atoms with van der Waals surface area (Å²) < 4.78 is 18.2. The van der Waals surface area contributed by atoms with Crippen LogP contribution in [0.2, 0.25) is 5.02 Å². The molecule has 0 spiro atoms. The second-order valence-electron chi connectivity index (χ2n) is 3.83. The number of carbonyl (C=O) groups is 2. The van der Waals surface area contributed by atoms with Gasteiger partial charge in [0.1, 0.15) is 11.6 Å². The van der Waals surface area contributed by atoms with E-state index < -0.39 is 23.3 Å². The predicted octanol–water partition coefficient (Wildman–Crippen LogP) is 2.74. The second kappa shape index (κ2) is 5.70. The van der Waals surface area contributed by atoms with Gasteiger partial charge in [0.15, 0.2) is 5.82 Å². The van der Waals surface area contributed by atoms with Crippen LogP contribution >= 0.6 is 11.6 Å². The molecule has 6 nitrogen and oxygen atoms in total. The fourth-order valence-corrected chi connectivity index (χ4v) is 1.70. The van der Waals surface area contributed by atoms with Crippen LogP contribution in [0, 0.1) is 12.7 Å². The molecule has 0 atom stereocenters. The summed E-state index contributed by atoms with van der Waals surface area (Å²) in [5, 5.41) is 7.62. The lowest BCUT2D eigenvalue weighted by Crippen LogP contribution is -2.35. The van der Waals surface area contributed by atoms with Gasteiger partial charge in [0, 0.05) is 6.07 Å². The monoisotopic (exact) mass is 297 g/mol. The first-order chi connectivity index (χ1) is 9.47. The number of hydrogen-bond donors (Lipinski definition) is 2. The van der Waals surface area contributed by atoms with Gasteiger partial charge in [-0.15, -0.1) is 0 Å². The van der Waals surface area contributed by atoms with Gasteiger partial charge in [-0.1, -0.05) is 22.8 Å². The highest BCUT2D eigenvalue weighted by Gasteiger charge is 2.18. The van der Waals surface area contributed by atoms with E-state index in [2.05, 4.69) is 10.5 Å². The average Bonchev–Trinajstić information content (AvgIpc) is 2.74. The molecule has 0 saturated heterocycles.